The molecule has 1 amide bonds. The van der Waals surface area contributed by atoms with E-state index < -0.39 is 0 Å². The van der Waals surface area contributed by atoms with Crippen molar-refractivity contribution in [3.8, 4) is 6.07 Å². The minimum atomic E-state index is -0.204. The fourth-order valence-electron chi connectivity index (χ4n) is 3.82. The number of carbonyl (C=O) groups excluding carboxylic acids is 1. The van der Waals surface area contributed by atoms with E-state index in [2.05, 4.69) is 33.1 Å². The molecule has 2 heterocycles. The third-order valence-corrected chi connectivity index (χ3v) is 5.67. The smallest absolute Gasteiger partial charge is 0.251 e. The lowest BCUT2D eigenvalue weighted by atomic mass is 10.0. The second-order valence-corrected chi connectivity index (χ2v) is 8.01. The fourth-order valence-corrected chi connectivity index (χ4v) is 3.82. The Hall–Kier alpha value is -4.83. The molecule has 0 bridgehead atoms. The van der Waals surface area contributed by atoms with Crippen molar-refractivity contribution >= 4 is 40.1 Å². The average molecular weight is 461 g/mol. The number of nitriles is 1. The minimum Gasteiger partial charge on any atom is -0.383 e. The van der Waals surface area contributed by atoms with Crippen LogP contribution in [0.5, 0.6) is 0 Å². The number of fused-ring (bicyclic) bond motifs is 2. The second kappa shape index (κ2) is 10.4. The standard InChI is InChI=1S/C28H24N6O/c1-3-21(28(35)34-16-19-4-6-25-22(11-19)8-9-32-27(25)30)14-24(31-2)13-18-5-7-26-23(10-18)12-20(15-29)17-33-26/h3-12,14,17H,2,13,16H2,1H3,(H2,30,32)(H,34,35)/b21-3+,24-14-. The highest BCUT2D eigenvalue weighted by Crippen LogP contribution is 2.21. The molecule has 0 atom stereocenters. The van der Waals surface area contributed by atoms with Gasteiger partial charge in [-0.05, 0) is 66.6 Å². The van der Waals surface area contributed by atoms with E-state index in [1.165, 1.54) is 0 Å². The van der Waals surface area contributed by atoms with E-state index >= 15 is 0 Å². The summed E-state index contributed by atoms with van der Waals surface area (Å²) in [6.45, 7) is 5.86. The maximum absolute atomic E-state index is 12.9. The third kappa shape index (κ3) is 5.40. The van der Waals surface area contributed by atoms with Crippen LogP contribution in [0.4, 0.5) is 5.82 Å². The molecule has 0 spiro atoms. The molecule has 2 aromatic carbocycles. The molecule has 172 valence electrons. The second-order valence-electron chi connectivity index (χ2n) is 8.01. The number of benzene rings is 2. The Morgan fingerprint density at radius 3 is 2.71 bits per heavy atom. The first kappa shape index (κ1) is 23.3. The summed E-state index contributed by atoms with van der Waals surface area (Å²) in [4.78, 5) is 25.4. The molecule has 35 heavy (non-hydrogen) atoms. The van der Waals surface area contributed by atoms with E-state index in [1.54, 1.807) is 30.6 Å². The molecule has 0 aliphatic rings. The van der Waals surface area contributed by atoms with E-state index in [0.29, 0.717) is 35.6 Å². The Bertz CT molecular complexity index is 1540. The number of anilines is 1. The molecule has 0 unspecified atom stereocenters. The van der Waals surface area contributed by atoms with Crippen molar-refractivity contribution in [3.05, 3.63) is 101 Å². The molecule has 7 nitrogen and oxygen atoms in total. The highest BCUT2D eigenvalue weighted by molar-refractivity contribution is 5.96. The van der Waals surface area contributed by atoms with Gasteiger partial charge in [-0.3, -0.25) is 14.8 Å². The zero-order chi connectivity index (χ0) is 24.8. The van der Waals surface area contributed by atoms with Gasteiger partial charge in [0.15, 0.2) is 0 Å². The summed E-state index contributed by atoms with van der Waals surface area (Å²) in [5.74, 6) is 0.279. The number of allylic oxidation sites excluding steroid dienone is 2. The molecule has 0 radical (unpaired) electrons. The molecule has 0 saturated carbocycles. The van der Waals surface area contributed by atoms with Crippen LogP contribution >= 0.6 is 0 Å². The van der Waals surface area contributed by atoms with Crippen molar-refractivity contribution in [2.45, 2.75) is 19.9 Å². The summed E-state index contributed by atoms with van der Waals surface area (Å²) in [5.41, 5.74) is 10.3. The van der Waals surface area contributed by atoms with E-state index in [9.17, 15) is 4.79 Å². The van der Waals surface area contributed by atoms with Crippen LogP contribution < -0.4 is 11.1 Å². The first-order valence-electron chi connectivity index (χ1n) is 11.0. The number of rotatable bonds is 7. The molecule has 0 saturated heterocycles. The Balaban J connectivity index is 1.47. The summed E-state index contributed by atoms with van der Waals surface area (Å²) in [5, 5.41) is 14.8. The van der Waals surface area contributed by atoms with Crippen LogP contribution in [0, 0.1) is 11.3 Å². The lowest BCUT2D eigenvalue weighted by Crippen LogP contribution is -2.24. The van der Waals surface area contributed by atoms with E-state index in [4.69, 9.17) is 11.0 Å². The molecule has 4 rings (SSSR count). The van der Waals surface area contributed by atoms with Crippen LogP contribution in [0.2, 0.25) is 0 Å². The molecule has 4 aromatic rings. The molecule has 0 aliphatic heterocycles. The SMILES string of the molecule is C=N/C(=C\C(=C/C)C(=O)NCc1ccc2c(N)nccc2c1)Cc1ccc2ncc(C#N)cc2c1. The van der Waals surface area contributed by atoms with Gasteiger partial charge < -0.3 is 11.1 Å². The molecule has 3 N–H and O–H groups in total. The number of nitrogen functional groups attached to an aromatic ring is 1. The number of aliphatic imine (C=N–C) groups is 1. The van der Waals surface area contributed by atoms with Crippen molar-refractivity contribution in [1.82, 2.24) is 15.3 Å². The van der Waals surface area contributed by atoms with E-state index in [-0.39, 0.29) is 5.91 Å². The number of aromatic nitrogens is 2. The van der Waals surface area contributed by atoms with Crippen LogP contribution in [0.15, 0.2) is 89.3 Å². The quantitative estimate of drug-likeness (QED) is 0.237. The van der Waals surface area contributed by atoms with Crippen molar-refractivity contribution < 1.29 is 4.79 Å². The monoisotopic (exact) mass is 460 g/mol. The summed E-state index contributed by atoms with van der Waals surface area (Å²) >= 11 is 0. The van der Waals surface area contributed by atoms with Gasteiger partial charge in [-0.2, -0.15) is 5.26 Å². The molecular formula is C28H24N6O. The summed E-state index contributed by atoms with van der Waals surface area (Å²) in [6, 6.07) is 17.5. The van der Waals surface area contributed by atoms with E-state index in [0.717, 1.165) is 32.8 Å². The fraction of sp³-hybridized carbons (Fsp3) is 0.107. The lowest BCUT2D eigenvalue weighted by Gasteiger charge is -2.09. The Morgan fingerprint density at radius 1 is 1.14 bits per heavy atom. The predicted molar refractivity (Wildman–Crippen MR) is 140 cm³/mol. The number of hydrogen-bond donors (Lipinski definition) is 2. The minimum absolute atomic E-state index is 0.204. The van der Waals surface area contributed by atoms with Crippen molar-refractivity contribution in [3.63, 3.8) is 0 Å². The highest BCUT2D eigenvalue weighted by Gasteiger charge is 2.09. The number of nitrogens with zero attached hydrogens (tertiary/aromatic N) is 4. The first-order chi connectivity index (χ1) is 17.0. The molecule has 7 heteroatoms. The number of nitrogens with two attached hydrogens (primary N) is 1. The molecule has 0 aliphatic carbocycles. The zero-order valence-electron chi connectivity index (χ0n) is 19.3. The molecule has 2 aromatic heterocycles. The van der Waals surface area contributed by atoms with Gasteiger partial charge in [0.1, 0.15) is 11.9 Å². The van der Waals surface area contributed by atoms with Gasteiger partial charge in [0, 0.05) is 47.4 Å². The number of nitrogens with one attached hydrogen (secondary N) is 1. The summed E-state index contributed by atoms with van der Waals surface area (Å²) < 4.78 is 0. The van der Waals surface area contributed by atoms with Gasteiger partial charge in [0.25, 0.3) is 5.91 Å². The number of pyridine rings is 2. The molecular weight excluding hydrogens is 436 g/mol. The normalized spacial score (nSPS) is 11.9. The first-order valence-corrected chi connectivity index (χ1v) is 11.0. The van der Waals surface area contributed by atoms with Crippen LogP contribution in [0.1, 0.15) is 23.6 Å². The predicted octanol–water partition coefficient (Wildman–Crippen LogP) is 4.63. The Labute approximate surface area is 203 Å². The highest BCUT2D eigenvalue weighted by atomic mass is 16.1. The number of hydrogen-bond acceptors (Lipinski definition) is 6. The van der Waals surface area contributed by atoms with Gasteiger partial charge in [-0.25, -0.2) is 4.98 Å². The van der Waals surface area contributed by atoms with Crippen molar-refractivity contribution in [2.75, 3.05) is 5.73 Å². The number of carbonyl (C=O) groups is 1. The largest absolute Gasteiger partial charge is 0.383 e. The Morgan fingerprint density at radius 2 is 1.94 bits per heavy atom. The summed E-state index contributed by atoms with van der Waals surface area (Å²) in [7, 11) is 0. The maximum atomic E-state index is 12.9. The van der Waals surface area contributed by atoms with Crippen molar-refractivity contribution in [2.24, 2.45) is 4.99 Å². The zero-order valence-corrected chi connectivity index (χ0v) is 19.3. The maximum Gasteiger partial charge on any atom is 0.251 e. The van der Waals surface area contributed by atoms with Gasteiger partial charge in [0.2, 0.25) is 0 Å². The molecule has 0 fully saturated rings. The van der Waals surface area contributed by atoms with Gasteiger partial charge in [-0.15, -0.1) is 0 Å². The van der Waals surface area contributed by atoms with Crippen molar-refractivity contribution in [1.29, 1.82) is 5.26 Å². The van der Waals surface area contributed by atoms with E-state index in [1.807, 2.05) is 49.4 Å². The topological polar surface area (TPSA) is 117 Å². The Kier molecular flexibility index (Phi) is 6.94. The number of amides is 1. The van der Waals surface area contributed by atoms with Gasteiger partial charge in [-0.1, -0.05) is 24.3 Å². The van der Waals surface area contributed by atoms with Gasteiger partial charge >= 0.3 is 0 Å². The lowest BCUT2D eigenvalue weighted by molar-refractivity contribution is -0.117. The van der Waals surface area contributed by atoms with Crippen LogP contribution in [0.3, 0.4) is 0 Å². The van der Waals surface area contributed by atoms with Crippen LogP contribution in [0.25, 0.3) is 21.7 Å². The third-order valence-electron chi connectivity index (χ3n) is 5.67. The van der Waals surface area contributed by atoms with Crippen LogP contribution in [-0.2, 0) is 17.8 Å². The summed E-state index contributed by atoms with van der Waals surface area (Å²) in [6.07, 6.45) is 7.20. The average Bonchev–Trinajstić information content (AvgIpc) is 2.89. The van der Waals surface area contributed by atoms with Gasteiger partial charge in [0.05, 0.1) is 11.1 Å². The van der Waals surface area contributed by atoms with Crippen LogP contribution in [-0.4, -0.2) is 22.6 Å².